The molecule has 3 saturated heterocycles. The minimum Gasteiger partial charge on any atom is -0.386 e. The number of aromatic nitrogens is 12. The Morgan fingerprint density at radius 3 is 1.21 bits per heavy atom. The molecule has 3 aliphatic heterocycles. The topological polar surface area (TPSA) is 332 Å². The molecule has 0 bridgehead atoms. The number of aliphatic hydroxyl groups is 1. The number of anilines is 12. The van der Waals surface area contributed by atoms with Crippen LogP contribution in [-0.4, -0.2) is 153 Å². The van der Waals surface area contributed by atoms with Crippen LogP contribution >= 0.6 is 35.3 Å². The third kappa shape index (κ3) is 19.5. The first kappa shape index (κ1) is 67.2. The Kier molecular flexibility index (Phi) is 22.7. The number of hydrogen-bond acceptors (Lipinski definition) is 22. The zero-order chi connectivity index (χ0) is 66.1. The van der Waals surface area contributed by atoms with Gasteiger partial charge in [-0.05, 0) is 169 Å². The molecule has 3 aliphatic rings. The van der Waals surface area contributed by atoms with Crippen molar-refractivity contribution in [3.05, 3.63) is 126 Å². The molecule has 0 unspecified atom stereocenters. The van der Waals surface area contributed by atoms with Gasteiger partial charge in [0.1, 0.15) is 34.9 Å². The van der Waals surface area contributed by atoms with Crippen molar-refractivity contribution in [2.45, 2.75) is 117 Å². The lowest BCUT2D eigenvalue weighted by Crippen LogP contribution is -2.60. The van der Waals surface area contributed by atoms with Crippen LogP contribution in [0, 0.1) is 20.8 Å². The third-order valence-corrected chi connectivity index (χ3v) is 17.2. The number of rotatable bonds is 23. The highest BCUT2D eigenvalue weighted by Gasteiger charge is 2.38. The first-order valence-corrected chi connectivity index (χ1v) is 33.6. The fourth-order valence-corrected chi connectivity index (χ4v) is 11.7. The molecule has 0 saturated carbocycles. The first-order chi connectivity index (χ1) is 45.4. The SMILES string of the molecule is CCC(=O)Nc1ccc(Sc2nc(Nc3cc(C)[nH]n3)cc(N3CC(C)(O)C3)n2)cc1.CCCNC(=O)Nc1ccc(Sc2nc(Nc3cc(C)[nH]n3)cc(N3CCC3)n2)cc1.CCN(CC)C(=O)Nc1ccc(Sc2nc(Nc3cc(C)[nH]n3)cc(N3CCC3)n2)cc1.[HH].[HH].[HH].[HH].[HH].[HH].[HH].[HH].[HH]. The lowest BCUT2D eigenvalue weighted by molar-refractivity contribution is -0.115. The number of hydrogen-bond donors (Lipinski definition) is 11. The zero-order valence-corrected chi connectivity index (χ0v) is 56.2. The Bertz CT molecular complexity index is 4020. The molecule has 510 valence electrons. The van der Waals surface area contributed by atoms with Gasteiger partial charge in [0.15, 0.2) is 32.9 Å². The molecule has 12 rings (SSSR count). The first-order valence-electron chi connectivity index (χ1n) is 31.2. The van der Waals surface area contributed by atoms with E-state index in [0.29, 0.717) is 77.9 Å². The molecule has 0 atom stereocenters. The number of amides is 5. The standard InChI is InChI=1S/C22H28N8OS.C21H26N8OS.C21H25N7O2S.9H2/c1-4-29(5-2)22(31)23-16-7-9-17(10-8-16)32-21-25-18(24-19-13-15(3)27-28-19)14-20(26-21)30-11-6-12-30;1-3-9-22-20(30)23-15-5-7-16(8-6-15)31-21-25-17(24-18-12-14(2)27-28-18)13-19(26-21)29-10-4-11-29;1-4-19(29)22-14-5-7-15(8-6-14)31-20-24-16(23-17-9-13(2)26-27-17)10-18(25-20)28-11-21(3,30)12-28;;;;;;;;;/h7-10,13-14H,4-6,11-12H2,1-3H3,(H,23,31)(H2,24,25,26,27,28);5-8,12-13H,3-4,9-11H2,1-2H3,(H2,22,23,30)(H2,24,25,26,27,28);5-10,30H,4,11-12H2,1-3H3,(H,22,29)(H2,23,24,25,26,27);9*1H. The van der Waals surface area contributed by atoms with Gasteiger partial charge in [0.05, 0.1) is 5.60 Å². The van der Waals surface area contributed by atoms with Gasteiger partial charge in [0, 0.05) is 163 Å². The summed E-state index contributed by atoms with van der Waals surface area (Å²) >= 11 is 4.39. The van der Waals surface area contributed by atoms with E-state index < -0.39 is 5.60 Å². The fourth-order valence-electron chi connectivity index (χ4n) is 9.43. The van der Waals surface area contributed by atoms with Crippen molar-refractivity contribution in [3.63, 3.8) is 0 Å². The zero-order valence-electron chi connectivity index (χ0n) is 53.8. The Balaban J connectivity index is 0.000000740. The number of urea groups is 2. The number of nitrogens with zero attached hydrogens (tertiary/aromatic N) is 13. The molecule has 0 aliphatic carbocycles. The van der Waals surface area contributed by atoms with E-state index in [-0.39, 0.29) is 30.8 Å². The summed E-state index contributed by atoms with van der Waals surface area (Å²) in [5.41, 5.74) is 4.45. The van der Waals surface area contributed by atoms with Crippen molar-refractivity contribution in [1.82, 2.24) is 70.7 Å². The summed E-state index contributed by atoms with van der Waals surface area (Å²) in [6.45, 7) is 22.5. The van der Waals surface area contributed by atoms with E-state index in [9.17, 15) is 19.5 Å². The molecule has 5 amide bonds. The predicted octanol–water partition coefficient (Wildman–Crippen LogP) is 14.2. The minimum absolute atomic E-state index is 0. The Labute approximate surface area is 571 Å². The van der Waals surface area contributed by atoms with Crippen LogP contribution in [-0.2, 0) is 4.79 Å². The van der Waals surface area contributed by atoms with Crippen molar-refractivity contribution >= 4 is 123 Å². The van der Waals surface area contributed by atoms with Crippen molar-refractivity contribution < 1.29 is 32.3 Å². The van der Waals surface area contributed by atoms with Crippen molar-refractivity contribution in [1.29, 1.82) is 0 Å². The average Bonchev–Trinajstić information content (AvgIpc) is 1.19. The number of carbonyl (C=O) groups is 3. The Morgan fingerprint density at radius 2 is 0.894 bits per heavy atom. The second kappa shape index (κ2) is 31.8. The molecule has 9 aromatic rings. The number of β-amino-alcohol motifs (C(OH)–C–C–N with tert-alkyl or cyclic N) is 1. The van der Waals surface area contributed by atoms with Gasteiger partial charge in [-0.25, -0.2) is 39.5 Å². The van der Waals surface area contributed by atoms with E-state index in [1.165, 1.54) is 48.1 Å². The maximum Gasteiger partial charge on any atom is 0.321 e. The van der Waals surface area contributed by atoms with Crippen LogP contribution in [0.4, 0.5) is 79.0 Å². The van der Waals surface area contributed by atoms with E-state index in [0.717, 1.165) is 111 Å². The summed E-state index contributed by atoms with van der Waals surface area (Å²) in [5, 5.41) is 54.5. The minimum atomic E-state index is -0.704. The highest BCUT2D eigenvalue weighted by atomic mass is 32.2. The molecule has 3 fully saturated rings. The second-order valence-corrected chi connectivity index (χ2v) is 25.8. The quantitative estimate of drug-likeness (QED) is 0.0265. The maximum atomic E-state index is 12.2. The molecule has 11 N–H and O–H groups in total. The summed E-state index contributed by atoms with van der Waals surface area (Å²) in [6, 6.07) is 34.2. The van der Waals surface area contributed by atoms with Crippen LogP contribution in [0.15, 0.2) is 139 Å². The van der Waals surface area contributed by atoms with Crippen molar-refractivity contribution in [3.8, 4) is 0 Å². The van der Waals surface area contributed by atoms with Gasteiger partial charge in [0.25, 0.3) is 0 Å². The maximum absolute atomic E-state index is 12.2. The lowest BCUT2D eigenvalue weighted by atomic mass is 9.97. The molecule has 3 aromatic carbocycles. The van der Waals surface area contributed by atoms with E-state index in [2.05, 4.69) is 97.5 Å². The van der Waals surface area contributed by atoms with Gasteiger partial charge < -0.3 is 61.9 Å². The van der Waals surface area contributed by atoms with Crippen LogP contribution in [0.25, 0.3) is 0 Å². The lowest BCUT2D eigenvalue weighted by Gasteiger charge is -2.45. The molecule has 30 heteroatoms. The Hall–Kier alpha value is -9.65. The molecule has 94 heavy (non-hydrogen) atoms. The molecule has 6 aromatic heterocycles. The van der Waals surface area contributed by atoms with E-state index in [4.69, 9.17) is 9.97 Å². The van der Waals surface area contributed by atoms with E-state index in [1.807, 2.05) is 169 Å². The van der Waals surface area contributed by atoms with Crippen LogP contribution in [0.1, 0.15) is 90.2 Å². The summed E-state index contributed by atoms with van der Waals surface area (Å²) in [7, 11) is 0. The highest BCUT2D eigenvalue weighted by Crippen LogP contribution is 2.35. The van der Waals surface area contributed by atoms with Crippen molar-refractivity contribution in [2.24, 2.45) is 0 Å². The monoisotopic (exact) mass is 1350 g/mol. The summed E-state index contributed by atoms with van der Waals surface area (Å²) < 4.78 is 0. The number of benzene rings is 3. The average molecular weight is 1350 g/mol. The van der Waals surface area contributed by atoms with Gasteiger partial charge in [0.2, 0.25) is 5.91 Å². The van der Waals surface area contributed by atoms with Gasteiger partial charge in [-0.1, -0.05) is 13.8 Å². The molecule has 27 nitrogen and oxygen atoms in total. The highest BCUT2D eigenvalue weighted by molar-refractivity contribution is 7.99. The molecular formula is C64H97N23O4S3. The Morgan fingerprint density at radius 1 is 0.521 bits per heavy atom. The third-order valence-electron chi connectivity index (χ3n) is 14.6. The number of nitrogens with one attached hydrogen (secondary N) is 10. The van der Waals surface area contributed by atoms with Gasteiger partial charge in [-0.2, -0.15) is 15.3 Å². The summed E-state index contributed by atoms with van der Waals surface area (Å²) in [4.78, 5) is 74.9. The van der Waals surface area contributed by atoms with E-state index in [1.54, 1.807) is 4.90 Å². The van der Waals surface area contributed by atoms with Crippen LogP contribution in [0.3, 0.4) is 0 Å². The summed E-state index contributed by atoms with van der Waals surface area (Å²) in [5.74, 6) is 6.68. The number of H-pyrrole nitrogens is 3. The number of carbonyl (C=O) groups excluding carboxylic acids is 3. The predicted molar refractivity (Wildman–Crippen MR) is 391 cm³/mol. The van der Waals surface area contributed by atoms with E-state index >= 15 is 0 Å². The molecule has 9 heterocycles. The molecule has 0 radical (unpaired) electrons. The number of aromatic amines is 3. The fraction of sp³-hybridized carbons (Fsp3) is 0.344. The normalized spacial score (nSPS) is 13.5. The van der Waals surface area contributed by atoms with Gasteiger partial charge >= 0.3 is 12.1 Å². The molecular weight excluding hydrogens is 1250 g/mol. The molecule has 0 spiro atoms. The van der Waals surface area contributed by atoms with Gasteiger partial charge in [-0.3, -0.25) is 20.1 Å². The van der Waals surface area contributed by atoms with Gasteiger partial charge in [-0.15, -0.1) is 0 Å². The smallest absolute Gasteiger partial charge is 0.321 e. The second-order valence-electron chi connectivity index (χ2n) is 22.7. The van der Waals surface area contributed by atoms with Crippen LogP contribution in [0.5, 0.6) is 0 Å². The van der Waals surface area contributed by atoms with Crippen LogP contribution < -0.4 is 51.9 Å². The van der Waals surface area contributed by atoms with Crippen molar-refractivity contribution in [2.75, 3.05) is 106 Å². The largest absolute Gasteiger partial charge is 0.386 e. The number of aryl methyl sites for hydroxylation is 3. The summed E-state index contributed by atoms with van der Waals surface area (Å²) in [6.07, 6.45) is 3.69. The van der Waals surface area contributed by atoms with Crippen LogP contribution in [0.2, 0.25) is 0 Å².